The summed E-state index contributed by atoms with van der Waals surface area (Å²) < 4.78 is 5.07. The van der Waals surface area contributed by atoms with Crippen LogP contribution < -0.4 is 0 Å². The quantitative estimate of drug-likeness (QED) is 0.708. The molecule has 1 N–H and O–H groups in total. The van der Waals surface area contributed by atoms with Gasteiger partial charge in [0.2, 0.25) is 0 Å². The predicted octanol–water partition coefficient (Wildman–Crippen LogP) is 2.41. The molecule has 1 heterocycles. The number of rotatable bonds is 1. The summed E-state index contributed by atoms with van der Waals surface area (Å²) >= 11 is 1.11. The highest BCUT2D eigenvalue weighted by Gasteiger charge is 2.20. The van der Waals surface area contributed by atoms with Crippen molar-refractivity contribution in [2.45, 2.75) is 26.4 Å². The second-order valence-electron chi connectivity index (χ2n) is 3.64. The van der Waals surface area contributed by atoms with Crippen molar-refractivity contribution in [2.75, 3.05) is 0 Å². The molecule has 0 saturated heterocycles. The van der Waals surface area contributed by atoms with Crippen LogP contribution in [-0.4, -0.2) is 16.7 Å². The van der Waals surface area contributed by atoms with Crippen molar-refractivity contribution < 1.29 is 14.6 Å². The first kappa shape index (κ1) is 10.1. The molecular weight excluding hydrogens is 188 g/mol. The zero-order valence-corrected chi connectivity index (χ0v) is 8.64. The second-order valence-corrected chi connectivity index (χ2v) is 4.54. The van der Waals surface area contributed by atoms with Gasteiger partial charge in [0.15, 0.2) is 5.06 Å². The summed E-state index contributed by atoms with van der Waals surface area (Å²) in [5.74, 6) is -0.480. The van der Waals surface area contributed by atoms with Crippen LogP contribution in [-0.2, 0) is 4.74 Å². The molecule has 0 radical (unpaired) electrons. The van der Waals surface area contributed by atoms with Crippen molar-refractivity contribution in [1.82, 2.24) is 0 Å². The number of hydrogen-bond acceptors (Lipinski definition) is 4. The lowest BCUT2D eigenvalue weighted by Crippen LogP contribution is -2.23. The minimum Gasteiger partial charge on any atom is -0.499 e. The zero-order valence-electron chi connectivity index (χ0n) is 7.83. The number of aromatic hydroxyl groups is 1. The standard InChI is InChI=1S/C9H12O3S/c1-9(2,3)12-7(10)6-4-5-13-8(6)11/h4-5,11H,1-3H3. The van der Waals surface area contributed by atoms with E-state index in [-0.39, 0.29) is 10.6 Å². The molecule has 4 heteroatoms. The largest absolute Gasteiger partial charge is 0.499 e. The van der Waals surface area contributed by atoms with Crippen LogP contribution in [0.4, 0.5) is 0 Å². The van der Waals surface area contributed by atoms with Crippen LogP contribution >= 0.6 is 11.3 Å². The summed E-state index contributed by atoms with van der Waals surface area (Å²) in [5.41, 5.74) is -0.286. The lowest BCUT2D eigenvalue weighted by atomic mass is 10.2. The van der Waals surface area contributed by atoms with Crippen LogP contribution in [0.3, 0.4) is 0 Å². The average molecular weight is 200 g/mol. The van der Waals surface area contributed by atoms with Gasteiger partial charge < -0.3 is 9.84 Å². The maximum Gasteiger partial charge on any atom is 0.343 e. The van der Waals surface area contributed by atoms with Crippen molar-refractivity contribution >= 4 is 17.3 Å². The number of thiophene rings is 1. The first-order chi connectivity index (χ1) is 5.90. The summed E-state index contributed by atoms with van der Waals surface area (Å²) in [5, 5.41) is 10.9. The molecule has 1 aromatic heterocycles. The molecule has 0 amide bonds. The van der Waals surface area contributed by atoms with Gasteiger partial charge >= 0.3 is 5.97 Å². The van der Waals surface area contributed by atoms with Crippen molar-refractivity contribution in [3.8, 4) is 5.06 Å². The van der Waals surface area contributed by atoms with Gasteiger partial charge in [-0.15, -0.1) is 11.3 Å². The van der Waals surface area contributed by atoms with E-state index in [9.17, 15) is 9.90 Å². The molecule has 0 unspecified atom stereocenters. The summed E-state index contributed by atoms with van der Waals surface area (Å²) in [7, 11) is 0. The fourth-order valence-corrected chi connectivity index (χ4v) is 1.40. The first-order valence-electron chi connectivity index (χ1n) is 3.90. The monoisotopic (exact) mass is 200 g/mol. The van der Waals surface area contributed by atoms with E-state index in [4.69, 9.17) is 4.74 Å². The Balaban J connectivity index is 2.76. The van der Waals surface area contributed by atoms with E-state index < -0.39 is 11.6 Å². The van der Waals surface area contributed by atoms with E-state index in [1.54, 1.807) is 32.2 Å². The highest BCUT2D eigenvalue weighted by Crippen LogP contribution is 2.26. The summed E-state index contributed by atoms with van der Waals surface area (Å²) in [6.07, 6.45) is 0. The molecule has 0 spiro atoms. The van der Waals surface area contributed by atoms with Gasteiger partial charge in [-0.05, 0) is 32.2 Å². The highest BCUT2D eigenvalue weighted by molar-refractivity contribution is 7.12. The summed E-state index contributed by atoms with van der Waals surface area (Å²) in [6.45, 7) is 5.36. The minimum atomic E-state index is -0.522. The van der Waals surface area contributed by atoms with Crippen LogP contribution in [0.1, 0.15) is 31.1 Å². The lowest BCUT2D eigenvalue weighted by Gasteiger charge is -2.18. The van der Waals surface area contributed by atoms with Crippen LogP contribution in [0, 0.1) is 0 Å². The molecule has 3 nitrogen and oxygen atoms in total. The Hall–Kier alpha value is -1.03. The van der Waals surface area contributed by atoms with E-state index in [0.29, 0.717) is 0 Å². The fourth-order valence-electron chi connectivity index (χ4n) is 0.790. The molecular formula is C9H12O3S. The Labute approximate surface area is 81.0 Å². The van der Waals surface area contributed by atoms with Gasteiger partial charge in [0, 0.05) is 0 Å². The zero-order chi connectivity index (χ0) is 10.1. The molecule has 0 aliphatic rings. The van der Waals surface area contributed by atoms with Gasteiger partial charge in [-0.1, -0.05) is 0 Å². The number of carbonyl (C=O) groups excluding carboxylic acids is 1. The predicted molar refractivity (Wildman–Crippen MR) is 51.2 cm³/mol. The summed E-state index contributed by atoms with van der Waals surface area (Å²) in [6, 6.07) is 1.55. The number of carbonyl (C=O) groups is 1. The highest BCUT2D eigenvalue weighted by atomic mass is 32.1. The van der Waals surface area contributed by atoms with Gasteiger partial charge in [0.05, 0.1) is 0 Å². The van der Waals surface area contributed by atoms with Gasteiger partial charge in [0.25, 0.3) is 0 Å². The van der Waals surface area contributed by atoms with Gasteiger partial charge in [-0.2, -0.15) is 0 Å². The Morgan fingerprint density at radius 1 is 1.54 bits per heavy atom. The molecule has 0 atom stereocenters. The minimum absolute atomic E-state index is 0.00856. The average Bonchev–Trinajstić information content (AvgIpc) is 2.30. The lowest BCUT2D eigenvalue weighted by molar-refractivity contribution is 0.00678. The second kappa shape index (κ2) is 3.38. The maximum absolute atomic E-state index is 11.4. The molecule has 0 aliphatic heterocycles. The van der Waals surface area contributed by atoms with Crippen molar-refractivity contribution in [3.63, 3.8) is 0 Å². The Morgan fingerprint density at radius 2 is 2.15 bits per heavy atom. The SMILES string of the molecule is CC(C)(C)OC(=O)c1ccsc1O. The maximum atomic E-state index is 11.4. The topological polar surface area (TPSA) is 46.5 Å². The van der Waals surface area contributed by atoms with Crippen LogP contribution in [0.5, 0.6) is 5.06 Å². The van der Waals surface area contributed by atoms with E-state index in [0.717, 1.165) is 11.3 Å². The first-order valence-corrected chi connectivity index (χ1v) is 4.78. The van der Waals surface area contributed by atoms with Crippen molar-refractivity contribution in [2.24, 2.45) is 0 Å². The van der Waals surface area contributed by atoms with E-state index in [2.05, 4.69) is 0 Å². The van der Waals surface area contributed by atoms with Crippen LogP contribution in [0.25, 0.3) is 0 Å². The molecule has 1 aromatic rings. The molecule has 13 heavy (non-hydrogen) atoms. The molecule has 0 fully saturated rings. The third-order valence-corrected chi connectivity index (χ3v) is 1.98. The van der Waals surface area contributed by atoms with Crippen molar-refractivity contribution in [1.29, 1.82) is 0 Å². The molecule has 0 saturated carbocycles. The Kier molecular flexibility index (Phi) is 2.61. The van der Waals surface area contributed by atoms with Crippen LogP contribution in [0.15, 0.2) is 11.4 Å². The smallest absolute Gasteiger partial charge is 0.343 e. The molecule has 72 valence electrons. The summed E-state index contributed by atoms with van der Waals surface area (Å²) in [4.78, 5) is 11.4. The Morgan fingerprint density at radius 3 is 2.54 bits per heavy atom. The molecule has 1 rings (SSSR count). The van der Waals surface area contributed by atoms with Crippen molar-refractivity contribution in [3.05, 3.63) is 17.0 Å². The van der Waals surface area contributed by atoms with Gasteiger partial charge in [-0.25, -0.2) is 4.79 Å². The van der Waals surface area contributed by atoms with E-state index >= 15 is 0 Å². The third-order valence-electron chi connectivity index (χ3n) is 1.26. The third kappa shape index (κ3) is 2.73. The molecule has 0 aliphatic carbocycles. The fraction of sp³-hybridized carbons (Fsp3) is 0.444. The van der Waals surface area contributed by atoms with Gasteiger partial charge in [0.1, 0.15) is 11.2 Å². The number of ether oxygens (including phenoxy) is 1. The van der Waals surface area contributed by atoms with E-state index in [1.807, 2.05) is 0 Å². The Bertz CT molecular complexity index is 309. The van der Waals surface area contributed by atoms with Crippen LogP contribution in [0.2, 0.25) is 0 Å². The normalized spacial score (nSPS) is 11.3. The molecule has 0 aromatic carbocycles. The van der Waals surface area contributed by atoms with Gasteiger partial charge in [-0.3, -0.25) is 0 Å². The number of hydrogen-bond donors (Lipinski definition) is 1. The molecule has 0 bridgehead atoms. The number of esters is 1. The van der Waals surface area contributed by atoms with E-state index in [1.165, 1.54) is 0 Å².